The minimum absolute atomic E-state index is 0.608. The summed E-state index contributed by atoms with van der Waals surface area (Å²) < 4.78 is 6.19. The highest BCUT2D eigenvalue weighted by molar-refractivity contribution is 9.10. The Hall–Kier alpha value is -1.19. The Labute approximate surface area is 120 Å². The summed E-state index contributed by atoms with van der Waals surface area (Å²) in [6.07, 6.45) is 0. The summed E-state index contributed by atoms with van der Waals surface area (Å²) in [4.78, 5) is 0. The van der Waals surface area contributed by atoms with Crippen LogP contribution in [0.15, 0.2) is 46.9 Å². The molecule has 0 saturated heterocycles. The lowest BCUT2D eigenvalue weighted by Crippen LogP contribution is -1.99. The highest BCUT2D eigenvalue weighted by Gasteiger charge is 2.01. The van der Waals surface area contributed by atoms with Gasteiger partial charge in [0.05, 0.1) is 12.1 Å². The van der Waals surface area contributed by atoms with Crippen molar-refractivity contribution in [1.82, 2.24) is 0 Å². The molecule has 18 heavy (non-hydrogen) atoms. The van der Waals surface area contributed by atoms with Gasteiger partial charge in [-0.2, -0.15) is 0 Å². The number of halogens is 2. The van der Waals surface area contributed by atoms with Gasteiger partial charge in [0.2, 0.25) is 0 Å². The molecule has 2 nitrogen and oxygen atoms in total. The van der Waals surface area contributed by atoms with Gasteiger partial charge in [0, 0.05) is 16.7 Å². The predicted molar refractivity (Wildman–Crippen MR) is 79.5 cm³/mol. The van der Waals surface area contributed by atoms with Gasteiger partial charge in [-0.05, 0) is 35.9 Å². The van der Waals surface area contributed by atoms with Crippen LogP contribution in [0, 0.1) is 0 Å². The molecule has 0 aliphatic rings. The highest BCUT2D eigenvalue weighted by atomic mass is 79.9. The van der Waals surface area contributed by atoms with Crippen molar-refractivity contribution in [2.75, 3.05) is 12.4 Å². The average molecular weight is 327 g/mol. The first kappa shape index (κ1) is 13.2. The van der Waals surface area contributed by atoms with E-state index in [9.17, 15) is 0 Å². The molecule has 0 aliphatic carbocycles. The van der Waals surface area contributed by atoms with E-state index in [2.05, 4.69) is 33.4 Å². The van der Waals surface area contributed by atoms with Gasteiger partial charge in [-0.15, -0.1) is 0 Å². The normalized spacial score (nSPS) is 10.2. The standard InChI is InChI=1S/C14H13BrClNO/c1-18-14-6-5-12(8-13(14)16)17-9-10-3-2-4-11(15)7-10/h2-8,17H,9H2,1H3. The molecule has 4 heteroatoms. The van der Waals surface area contributed by atoms with Gasteiger partial charge in [0.25, 0.3) is 0 Å². The Morgan fingerprint density at radius 2 is 2.06 bits per heavy atom. The summed E-state index contributed by atoms with van der Waals surface area (Å²) in [6.45, 7) is 0.752. The number of nitrogens with one attached hydrogen (secondary N) is 1. The fourth-order valence-corrected chi connectivity index (χ4v) is 2.33. The predicted octanol–water partition coefficient (Wildman–Crippen LogP) is 4.72. The summed E-state index contributed by atoms with van der Waals surface area (Å²) in [7, 11) is 1.61. The van der Waals surface area contributed by atoms with Gasteiger partial charge >= 0.3 is 0 Å². The van der Waals surface area contributed by atoms with E-state index in [4.69, 9.17) is 16.3 Å². The zero-order valence-corrected chi connectivity index (χ0v) is 12.3. The van der Waals surface area contributed by atoms with E-state index in [0.717, 1.165) is 16.7 Å². The smallest absolute Gasteiger partial charge is 0.137 e. The minimum atomic E-state index is 0.608. The number of benzene rings is 2. The summed E-state index contributed by atoms with van der Waals surface area (Å²) >= 11 is 9.52. The molecule has 2 aromatic rings. The van der Waals surface area contributed by atoms with E-state index in [1.807, 2.05) is 30.3 Å². The third kappa shape index (κ3) is 3.40. The lowest BCUT2D eigenvalue weighted by molar-refractivity contribution is 0.415. The number of hydrogen-bond donors (Lipinski definition) is 1. The topological polar surface area (TPSA) is 21.3 Å². The Morgan fingerprint density at radius 1 is 1.22 bits per heavy atom. The zero-order valence-electron chi connectivity index (χ0n) is 9.91. The second-order valence-electron chi connectivity index (χ2n) is 3.83. The van der Waals surface area contributed by atoms with Gasteiger partial charge < -0.3 is 10.1 Å². The fourth-order valence-electron chi connectivity index (χ4n) is 1.63. The van der Waals surface area contributed by atoms with E-state index in [0.29, 0.717) is 10.8 Å². The highest BCUT2D eigenvalue weighted by Crippen LogP contribution is 2.27. The maximum atomic E-state index is 6.06. The van der Waals surface area contributed by atoms with Crippen molar-refractivity contribution in [2.45, 2.75) is 6.54 Å². The van der Waals surface area contributed by atoms with Crippen molar-refractivity contribution < 1.29 is 4.74 Å². The number of anilines is 1. The summed E-state index contributed by atoms with van der Waals surface area (Å²) in [5.74, 6) is 0.685. The molecule has 0 heterocycles. The first-order valence-corrected chi connectivity index (χ1v) is 6.68. The van der Waals surface area contributed by atoms with Gasteiger partial charge in [0.1, 0.15) is 5.75 Å². The average Bonchev–Trinajstić information content (AvgIpc) is 2.37. The Bertz CT molecular complexity index is 545. The number of ether oxygens (including phenoxy) is 1. The molecule has 0 saturated carbocycles. The first-order chi connectivity index (χ1) is 8.69. The van der Waals surface area contributed by atoms with Crippen LogP contribution in [0.4, 0.5) is 5.69 Å². The summed E-state index contributed by atoms with van der Waals surface area (Å²) in [5, 5.41) is 3.93. The molecule has 2 aromatic carbocycles. The first-order valence-electron chi connectivity index (χ1n) is 5.51. The number of hydrogen-bond acceptors (Lipinski definition) is 2. The van der Waals surface area contributed by atoms with Crippen LogP contribution in [0.2, 0.25) is 5.02 Å². The van der Waals surface area contributed by atoms with Crippen LogP contribution in [0.1, 0.15) is 5.56 Å². The molecule has 0 amide bonds. The maximum Gasteiger partial charge on any atom is 0.137 e. The van der Waals surface area contributed by atoms with Crippen LogP contribution in [-0.2, 0) is 6.54 Å². The summed E-state index contributed by atoms with van der Waals surface area (Å²) in [6, 6.07) is 13.8. The van der Waals surface area contributed by atoms with Crippen molar-refractivity contribution in [3.05, 3.63) is 57.5 Å². The lowest BCUT2D eigenvalue weighted by Gasteiger charge is -2.09. The number of rotatable bonds is 4. The molecule has 0 fully saturated rings. The van der Waals surface area contributed by atoms with Gasteiger partial charge in [-0.25, -0.2) is 0 Å². The Morgan fingerprint density at radius 3 is 2.72 bits per heavy atom. The molecule has 0 radical (unpaired) electrons. The number of methoxy groups -OCH3 is 1. The van der Waals surface area contributed by atoms with Crippen molar-refractivity contribution in [3.63, 3.8) is 0 Å². The third-order valence-corrected chi connectivity index (χ3v) is 3.33. The van der Waals surface area contributed by atoms with E-state index < -0.39 is 0 Å². The molecule has 0 aromatic heterocycles. The molecule has 94 valence electrons. The zero-order chi connectivity index (χ0) is 13.0. The van der Waals surface area contributed by atoms with E-state index in [1.54, 1.807) is 7.11 Å². The molecule has 0 atom stereocenters. The molecule has 0 bridgehead atoms. The van der Waals surface area contributed by atoms with Crippen molar-refractivity contribution in [1.29, 1.82) is 0 Å². The monoisotopic (exact) mass is 325 g/mol. The van der Waals surface area contributed by atoms with E-state index in [-0.39, 0.29) is 0 Å². The van der Waals surface area contributed by atoms with Crippen molar-refractivity contribution in [3.8, 4) is 5.75 Å². The summed E-state index contributed by atoms with van der Waals surface area (Å²) in [5.41, 5.74) is 2.18. The molecule has 0 spiro atoms. The Kier molecular flexibility index (Phi) is 4.50. The second-order valence-corrected chi connectivity index (χ2v) is 5.16. The van der Waals surface area contributed by atoms with E-state index >= 15 is 0 Å². The largest absolute Gasteiger partial charge is 0.495 e. The minimum Gasteiger partial charge on any atom is -0.495 e. The lowest BCUT2D eigenvalue weighted by atomic mass is 10.2. The van der Waals surface area contributed by atoms with Crippen LogP contribution in [-0.4, -0.2) is 7.11 Å². The SMILES string of the molecule is COc1ccc(NCc2cccc(Br)c2)cc1Cl. The molecule has 0 unspecified atom stereocenters. The van der Waals surface area contributed by atoms with Gasteiger partial charge in [-0.1, -0.05) is 39.7 Å². The molecule has 0 aliphatic heterocycles. The van der Waals surface area contributed by atoms with Crippen molar-refractivity contribution >= 4 is 33.2 Å². The Balaban J connectivity index is 2.04. The van der Waals surface area contributed by atoms with Crippen LogP contribution in [0.5, 0.6) is 5.75 Å². The maximum absolute atomic E-state index is 6.06. The third-order valence-electron chi connectivity index (χ3n) is 2.54. The second kappa shape index (κ2) is 6.12. The van der Waals surface area contributed by atoms with Crippen LogP contribution in [0.3, 0.4) is 0 Å². The van der Waals surface area contributed by atoms with Crippen LogP contribution >= 0.6 is 27.5 Å². The van der Waals surface area contributed by atoms with Crippen LogP contribution < -0.4 is 10.1 Å². The van der Waals surface area contributed by atoms with E-state index in [1.165, 1.54) is 5.56 Å². The fraction of sp³-hybridized carbons (Fsp3) is 0.143. The van der Waals surface area contributed by atoms with Crippen LogP contribution in [0.25, 0.3) is 0 Å². The molecular formula is C14H13BrClNO. The quantitative estimate of drug-likeness (QED) is 0.877. The molecule has 1 N–H and O–H groups in total. The van der Waals surface area contributed by atoms with Gasteiger partial charge in [0.15, 0.2) is 0 Å². The molecule has 2 rings (SSSR count). The van der Waals surface area contributed by atoms with Gasteiger partial charge in [-0.3, -0.25) is 0 Å². The molecular weight excluding hydrogens is 314 g/mol. The van der Waals surface area contributed by atoms with Crippen molar-refractivity contribution in [2.24, 2.45) is 0 Å².